The van der Waals surface area contributed by atoms with Gasteiger partial charge in [-0.3, -0.25) is 9.59 Å². The topological polar surface area (TPSA) is 132 Å². The van der Waals surface area contributed by atoms with Crippen molar-refractivity contribution in [3.8, 4) is 17.2 Å². The van der Waals surface area contributed by atoms with Crippen molar-refractivity contribution in [1.82, 2.24) is 5.43 Å². The molecule has 0 bridgehead atoms. The van der Waals surface area contributed by atoms with Gasteiger partial charge in [0.2, 0.25) is 11.7 Å². The van der Waals surface area contributed by atoms with Crippen LogP contribution in [0.1, 0.15) is 22.8 Å². The van der Waals surface area contributed by atoms with E-state index in [1.807, 2.05) is 0 Å². The number of nitrogens with zero attached hydrogens (tertiary/aromatic N) is 1. The van der Waals surface area contributed by atoms with Crippen LogP contribution in [0.25, 0.3) is 0 Å². The molecule has 0 aliphatic carbocycles. The molecule has 0 radical (unpaired) electrons. The monoisotopic (exact) mass is 531 g/mol. The Bertz CT molecular complexity index is 1390. The SMILES string of the molecule is COc1ccc(C(=O)N/N=C\c2cc(Cl)c(OS(=O)(=O)c3ccc(NC(C)=O)cc3)c(OC)c2)cc1. The first-order valence-electron chi connectivity index (χ1n) is 10.3. The molecule has 12 heteroatoms. The van der Waals surface area contributed by atoms with Gasteiger partial charge in [0.1, 0.15) is 10.6 Å². The highest BCUT2D eigenvalue weighted by Crippen LogP contribution is 2.38. The van der Waals surface area contributed by atoms with E-state index >= 15 is 0 Å². The molecule has 0 unspecified atom stereocenters. The van der Waals surface area contributed by atoms with E-state index in [1.165, 1.54) is 63.8 Å². The standard InChI is InChI=1S/C24H22ClN3O7S/c1-15(29)27-18-6-10-20(11-7-18)36(31,32)35-23-21(25)12-16(13-22(23)34-3)14-26-28-24(30)17-4-8-19(33-2)9-5-17/h4-14H,1-3H3,(H,27,29)(H,28,30)/b26-14-. The largest absolute Gasteiger partial charge is 0.497 e. The van der Waals surface area contributed by atoms with Crippen molar-refractivity contribution < 1.29 is 31.7 Å². The van der Waals surface area contributed by atoms with Gasteiger partial charge in [-0.1, -0.05) is 11.6 Å². The van der Waals surface area contributed by atoms with Crippen LogP contribution in [-0.2, 0) is 14.9 Å². The molecule has 3 aromatic carbocycles. The molecule has 188 valence electrons. The number of rotatable bonds is 9. The number of hydrogen-bond acceptors (Lipinski definition) is 8. The lowest BCUT2D eigenvalue weighted by molar-refractivity contribution is -0.114. The lowest BCUT2D eigenvalue weighted by Gasteiger charge is -2.13. The lowest BCUT2D eigenvalue weighted by Crippen LogP contribution is -2.17. The number of carbonyl (C=O) groups excluding carboxylic acids is 2. The zero-order chi connectivity index (χ0) is 26.3. The predicted octanol–water partition coefficient (Wildman–Crippen LogP) is 3.85. The Hall–Kier alpha value is -4.09. The first kappa shape index (κ1) is 26.5. The van der Waals surface area contributed by atoms with Crippen LogP contribution in [0, 0.1) is 0 Å². The molecule has 36 heavy (non-hydrogen) atoms. The minimum absolute atomic E-state index is 0.0314. The summed E-state index contributed by atoms with van der Waals surface area (Å²) in [5.41, 5.74) is 3.61. The highest BCUT2D eigenvalue weighted by molar-refractivity contribution is 7.87. The van der Waals surface area contributed by atoms with E-state index < -0.39 is 16.0 Å². The third-order valence-electron chi connectivity index (χ3n) is 4.64. The molecule has 2 amide bonds. The fourth-order valence-corrected chi connectivity index (χ4v) is 4.19. The fraction of sp³-hybridized carbons (Fsp3) is 0.125. The van der Waals surface area contributed by atoms with Crippen LogP contribution in [0.2, 0.25) is 5.02 Å². The van der Waals surface area contributed by atoms with Gasteiger partial charge in [0.25, 0.3) is 5.91 Å². The third kappa shape index (κ3) is 6.74. The number of hydrazone groups is 1. The van der Waals surface area contributed by atoms with Crippen molar-refractivity contribution in [2.24, 2.45) is 5.10 Å². The molecular weight excluding hydrogens is 510 g/mol. The average Bonchev–Trinajstić information content (AvgIpc) is 2.85. The quantitative estimate of drug-likeness (QED) is 0.243. The van der Waals surface area contributed by atoms with Gasteiger partial charge in [-0.25, -0.2) is 5.43 Å². The zero-order valence-electron chi connectivity index (χ0n) is 19.4. The van der Waals surface area contributed by atoms with Gasteiger partial charge in [-0.05, 0) is 66.2 Å². The molecule has 0 fully saturated rings. The van der Waals surface area contributed by atoms with Gasteiger partial charge in [0.05, 0.1) is 25.5 Å². The highest BCUT2D eigenvalue weighted by Gasteiger charge is 2.22. The zero-order valence-corrected chi connectivity index (χ0v) is 21.0. The van der Waals surface area contributed by atoms with Crippen LogP contribution in [0.5, 0.6) is 17.2 Å². The summed E-state index contributed by atoms with van der Waals surface area (Å²) in [5, 5.41) is 6.38. The van der Waals surface area contributed by atoms with Gasteiger partial charge in [-0.15, -0.1) is 0 Å². The number of carbonyl (C=O) groups is 2. The predicted molar refractivity (Wildman–Crippen MR) is 135 cm³/mol. The van der Waals surface area contributed by atoms with Crippen molar-refractivity contribution in [2.75, 3.05) is 19.5 Å². The lowest BCUT2D eigenvalue weighted by atomic mass is 10.2. The molecule has 0 saturated heterocycles. The highest BCUT2D eigenvalue weighted by atomic mass is 35.5. The second-order valence-corrected chi connectivity index (χ2v) is 9.16. The van der Waals surface area contributed by atoms with Crippen molar-refractivity contribution in [2.45, 2.75) is 11.8 Å². The van der Waals surface area contributed by atoms with Crippen LogP contribution in [0.3, 0.4) is 0 Å². The minimum atomic E-state index is -4.27. The summed E-state index contributed by atoms with van der Waals surface area (Å²) >= 11 is 6.28. The van der Waals surface area contributed by atoms with Crippen LogP contribution >= 0.6 is 11.6 Å². The summed E-state index contributed by atoms with van der Waals surface area (Å²) in [6, 6.07) is 14.7. The Morgan fingerprint density at radius 1 is 0.972 bits per heavy atom. The Morgan fingerprint density at radius 3 is 2.22 bits per heavy atom. The summed E-state index contributed by atoms with van der Waals surface area (Å²) in [6.07, 6.45) is 1.31. The van der Waals surface area contributed by atoms with Crippen molar-refractivity contribution in [3.63, 3.8) is 0 Å². The van der Waals surface area contributed by atoms with Gasteiger partial charge in [-0.2, -0.15) is 13.5 Å². The summed E-state index contributed by atoms with van der Waals surface area (Å²) in [4.78, 5) is 23.2. The van der Waals surface area contributed by atoms with Gasteiger partial charge < -0.3 is 19.0 Å². The number of methoxy groups -OCH3 is 2. The summed E-state index contributed by atoms with van der Waals surface area (Å²) in [6.45, 7) is 1.34. The van der Waals surface area contributed by atoms with E-state index in [-0.39, 0.29) is 27.3 Å². The average molecular weight is 532 g/mol. The molecule has 3 aromatic rings. The molecule has 0 aromatic heterocycles. The first-order valence-corrected chi connectivity index (χ1v) is 12.1. The molecule has 0 aliphatic heterocycles. The van der Waals surface area contributed by atoms with E-state index in [0.717, 1.165) is 0 Å². The maximum Gasteiger partial charge on any atom is 0.339 e. The summed E-state index contributed by atoms with van der Waals surface area (Å²) in [7, 11) is -1.42. The number of nitrogens with one attached hydrogen (secondary N) is 2. The molecule has 0 heterocycles. The second kappa shape index (κ2) is 11.6. The molecule has 0 aliphatic rings. The summed E-state index contributed by atoms with van der Waals surface area (Å²) < 4.78 is 41.1. The van der Waals surface area contributed by atoms with Crippen LogP contribution in [-0.4, -0.2) is 40.7 Å². The summed E-state index contributed by atoms with van der Waals surface area (Å²) in [5.74, 6) is -0.304. The third-order valence-corrected chi connectivity index (χ3v) is 6.16. The van der Waals surface area contributed by atoms with Gasteiger partial charge in [0.15, 0.2) is 5.75 Å². The minimum Gasteiger partial charge on any atom is -0.497 e. The first-order chi connectivity index (χ1) is 17.1. The smallest absolute Gasteiger partial charge is 0.339 e. The number of hydrogen-bond donors (Lipinski definition) is 2. The molecule has 10 nitrogen and oxygen atoms in total. The van der Waals surface area contributed by atoms with Crippen LogP contribution in [0.15, 0.2) is 70.7 Å². The Labute approximate surface area is 213 Å². The number of benzene rings is 3. The number of halogens is 1. The van der Waals surface area contributed by atoms with E-state index in [4.69, 9.17) is 25.3 Å². The molecule has 0 atom stereocenters. The molecular formula is C24H22ClN3O7S. The number of anilines is 1. The molecule has 3 rings (SSSR count). The van der Waals surface area contributed by atoms with Crippen molar-refractivity contribution >= 4 is 45.4 Å². The maximum atomic E-state index is 12.8. The molecule has 0 spiro atoms. The van der Waals surface area contributed by atoms with E-state index in [1.54, 1.807) is 24.3 Å². The molecule has 2 N–H and O–H groups in total. The van der Waals surface area contributed by atoms with Crippen LogP contribution in [0.4, 0.5) is 5.69 Å². The van der Waals surface area contributed by atoms with E-state index in [2.05, 4.69) is 15.8 Å². The Morgan fingerprint density at radius 2 is 1.64 bits per heavy atom. The Balaban J connectivity index is 1.75. The molecule has 0 saturated carbocycles. The van der Waals surface area contributed by atoms with Gasteiger partial charge in [0, 0.05) is 18.2 Å². The van der Waals surface area contributed by atoms with Gasteiger partial charge >= 0.3 is 10.1 Å². The van der Waals surface area contributed by atoms with E-state index in [9.17, 15) is 18.0 Å². The van der Waals surface area contributed by atoms with E-state index in [0.29, 0.717) is 22.6 Å². The normalized spacial score (nSPS) is 11.1. The fourth-order valence-electron chi connectivity index (χ4n) is 2.93. The number of ether oxygens (including phenoxy) is 2. The number of amides is 2. The van der Waals surface area contributed by atoms with Crippen molar-refractivity contribution in [3.05, 3.63) is 76.8 Å². The second-order valence-electron chi connectivity index (χ2n) is 7.20. The van der Waals surface area contributed by atoms with Crippen LogP contribution < -0.4 is 24.4 Å². The van der Waals surface area contributed by atoms with Crippen molar-refractivity contribution in [1.29, 1.82) is 0 Å². The Kier molecular flexibility index (Phi) is 8.51. The maximum absolute atomic E-state index is 12.8.